The van der Waals surface area contributed by atoms with Crippen molar-refractivity contribution in [3.05, 3.63) is 59.7 Å². The number of hydrogen-bond acceptors (Lipinski definition) is 3. The highest BCUT2D eigenvalue weighted by Crippen LogP contribution is 2.12. The Morgan fingerprint density at radius 3 is 2.60 bits per heavy atom. The van der Waals surface area contributed by atoms with Crippen LogP contribution in [0.15, 0.2) is 48.5 Å². The summed E-state index contributed by atoms with van der Waals surface area (Å²) < 4.78 is 5.57. The van der Waals surface area contributed by atoms with Crippen LogP contribution in [0.1, 0.15) is 11.1 Å². The summed E-state index contributed by atoms with van der Waals surface area (Å²) in [7, 11) is 0. The number of nitrogens with one attached hydrogen (secondary N) is 1. The quantitative estimate of drug-likeness (QED) is 0.665. The molecule has 0 bridgehead atoms. The van der Waals surface area contributed by atoms with Gasteiger partial charge in [0.1, 0.15) is 12.4 Å². The summed E-state index contributed by atoms with van der Waals surface area (Å²) in [4.78, 5) is 0. The van der Waals surface area contributed by atoms with E-state index < -0.39 is 0 Å². The number of nitriles is 1. The Balaban J connectivity index is 1.78. The van der Waals surface area contributed by atoms with Crippen LogP contribution in [-0.2, 0) is 0 Å². The van der Waals surface area contributed by atoms with Gasteiger partial charge in [-0.1, -0.05) is 12.0 Å². The Labute approximate surface area is 118 Å². The predicted octanol–water partition coefficient (Wildman–Crippen LogP) is 3.03. The van der Waals surface area contributed by atoms with E-state index in [1.807, 2.05) is 24.3 Å². The van der Waals surface area contributed by atoms with Gasteiger partial charge in [-0.3, -0.25) is 0 Å². The summed E-state index contributed by atoms with van der Waals surface area (Å²) in [6.07, 6.45) is 5.35. The van der Waals surface area contributed by atoms with Gasteiger partial charge in [-0.25, -0.2) is 0 Å². The van der Waals surface area contributed by atoms with Gasteiger partial charge in [0.15, 0.2) is 0 Å². The van der Waals surface area contributed by atoms with E-state index in [-0.39, 0.29) is 0 Å². The molecule has 3 heteroatoms. The smallest absolute Gasteiger partial charge is 0.119 e. The monoisotopic (exact) mass is 262 g/mol. The number of hydrogen-bond donors (Lipinski definition) is 1. The standard InChI is InChI=1S/C17H14N2O/c1-2-14-4-3-5-16(12-14)19-10-11-20-17-8-6-15(13-18)7-9-17/h1,3-9,12,19H,10-11H2. The molecule has 0 aliphatic rings. The maximum absolute atomic E-state index is 8.70. The van der Waals surface area contributed by atoms with E-state index in [1.165, 1.54) is 0 Å². The molecule has 2 rings (SSSR count). The molecule has 0 spiro atoms. The highest BCUT2D eigenvalue weighted by molar-refractivity contribution is 5.49. The second kappa shape index (κ2) is 6.87. The van der Waals surface area contributed by atoms with E-state index in [9.17, 15) is 0 Å². The van der Waals surface area contributed by atoms with Gasteiger partial charge in [-0.2, -0.15) is 5.26 Å². The first kappa shape index (κ1) is 13.5. The van der Waals surface area contributed by atoms with Crippen molar-refractivity contribution in [1.29, 1.82) is 5.26 Å². The van der Waals surface area contributed by atoms with E-state index >= 15 is 0 Å². The van der Waals surface area contributed by atoms with Crippen LogP contribution in [0.5, 0.6) is 5.75 Å². The number of rotatable bonds is 5. The summed E-state index contributed by atoms with van der Waals surface area (Å²) in [5.41, 5.74) is 2.45. The Hall–Kier alpha value is -2.91. The average Bonchev–Trinajstić information content (AvgIpc) is 2.52. The fourth-order valence-electron chi connectivity index (χ4n) is 1.71. The first-order valence-electron chi connectivity index (χ1n) is 6.25. The molecule has 0 atom stereocenters. The van der Waals surface area contributed by atoms with Gasteiger partial charge in [-0.05, 0) is 42.5 Å². The molecule has 0 unspecified atom stereocenters. The zero-order valence-electron chi connectivity index (χ0n) is 11.0. The molecule has 2 aromatic carbocycles. The van der Waals surface area contributed by atoms with Crippen LogP contribution in [0.25, 0.3) is 0 Å². The normalized spacial score (nSPS) is 9.30. The summed E-state index contributed by atoms with van der Waals surface area (Å²) in [5, 5.41) is 11.9. The Kier molecular flexibility index (Phi) is 4.65. The molecule has 98 valence electrons. The molecule has 0 aliphatic heterocycles. The van der Waals surface area contributed by atoms with Crippen LogP contribution in [0.3, 0.4) is 0 Å². The van der Waals surface area contributed by atoms with Crippen molar-refractivity contribution in [1.82, 2.24) is 0 Å². The SMILES string of the molecule is C#Cc1cccc(NCCOc2ccc(C#N)cc2)c1. The topological polar surface area (TPSA) is 45.0 Å². The van der Waals surface area contributed by atoms with Gasteiger partial charge in [0, 0.05) is 17.8 Å². The van der Waals surface area contributed by atoms with Crippen molar-refractivity contribution in [2.45, 2.75) is 0 Å². The van der Waals surface area contributed by atoms with Crippen molar-refractivity contribution in [2.75, 3.05) is 18.5 Å². The number of ether oxygens (including phenoxy) is 1. The van der Waals surface area contributed by atoms with Crippen molar-refractivity contribution >= 4 is 5.69 Å². The third kappa shape index (κ3) is 3.80. The van der Waals surface area contributed by atoms with Crippen LogP contribution in [0.2, 0.25) is 0 Å². The van der Waals surface area contributed by atoms with Gasteiger partial charge in [0.2, 0.25) is 0 Å². The zero-order valence-corrected chi connectivity index (χ0v) is 11.0. The Morgan fingerprint density at radius 1 is 1.10 bits per heavy atom. The molecule has 0 heterocycles. The highest BCUT2D eigenvalue weighted by Gasteiger charge is 1.96. The lowest BCUT2D eigenvalue weighted by atomic mass is 10.2. The minimum absolute atomic E-state index is 0.534. The fourth-order valence-corrected chi connectivity index (χ4v) is 1.71. The van der Waals surface area contributed by atoms with Crippen LogP contribution < -0.4 is 10.1 Å². The van der Waals surface area contributed by atoms with E-state index in [2.05, 4.69) is 17.3 Å². The molecule has 0 amide bonds. The molecule has 0 fully saturated rings. The lowest BCUT2D eigenvalue weighted by Crippen LogP contribution is -2.11. The second-order valence-electron chi connectivity index (χ2n) is 4.14. The maximum atomic E-state index is 8.70. The number of terminal acetylenes is 1. The third-order valence-corrected chi connectivity index (χ3v) is 2.71. The average molecular weight is 262 g/mol. The third-order valence-electron chi connectivity index (χ3n) is 2.71. The molecule has 20 heavy (non-hydrogen) atoms. The van der Waals surface area contributed by atoms with Gasteiger partial charge in [0.05, 0.1) is 11.6 Å². The zero-order chi connectivity index (χ0) is 14.2. The van der Waals surface area contributed by atoms with Gasteiger partial charge >= 0.3 is 0 Å². The molecule has 2 aromatic rings. The summed E-state index contributed by atoms with van der Waals surface area (Å²) in [6, 6.07) is 16.8. The molecule has 3 nitrogen and oxygen atoms in total. The second-order valence-corrected chi connectivity index (χ2v) is 4.14. The molecule has 0 saturated heterocycles. The van der Waals surface area contributed by atoms with Gasteiger partial charge in [0.25, 0.3) is 0 Å². The Bertz CT molecular complexity index is 648. The van der Waals surface area contributed by atoms with Gasteiger partial charge in [-0.15, -0.1) is 6.42 Å². The largest absolute Gasteiger partial charge is 0.492 e. The lowest BCUT2D eigenvalue weighted by molar-refractivity contribution is 0.333. The van der Waals surface area contributed by atoms with Crippen molar-refractivity contribution < 1.29 is 4.74 Å². The van der Waals surface area contributed by atoms with Crippen LogP contribution >= 0.6 is 0 Å². The van der Waals surface area contributed by atoms with Crippen LogP contribution in [-0.4, -0.2) is 13.2 Å². The molecule has 0 aromatic heterocycles. The summed E-state index contributed by atoms with van der Waals surface area (Å²) in [6.45, 7) is 1.21. The molecular formula is C17H14N2O. The predicted molar refractivity (Wildman–Crippen MR) is 79.5 cm³/mol. The van der Waals surface area contributed by atoms with E-state index in [0.717, 1.165) is 17.0 Å². The van der Waals surface area contributed by atoms with Crippen molar-refractivity contribution in [3.8, 4) is 24.2 Å². The van der Waals surface area contributed by atoms with Crippen molar-refractivity contribution in [2.24, 2.45) is 0 Å². The first-order chi connectivity index (χ1) is 9.81. The number of nitrogens with zero attached hydrogens (tertiary/aromatic N) is 1. The highest BCUT2D eigenvalue weighted by atomic mass is 16.5. The fraction of sp³-hybridized carbons (Fsp3) is 0.118. The molecular weight excluding hydrogens is 248 g/mol. The van der Waals surface area contributed by atoms with Crippen LogP contribution in [0.4, 0.5) is 5.69 Å². The Morgan fingerprint density at radius 2 is 1.90 bits per heavy atom. The first-order valence-corrected chi connectivity index (χ1v) is 6.25. The summed E-state index contributed by atoms with van der Waals surface area (Å²) >= 11 is 0. The molecule has 0 radical (unpaired) electrons. The lowest BCUT2D eigenvalue weighted by Gasteiger charge is -2.09. The minimum Gasteiger partial charge on any atom is -0.492 e. The molecule has 0 aliphatic carbocycles. The van der Waals surface area contributed by atoms with Gasteiger partial charge < -0.3 is 10.1 Å². The van der Waals surface area contributed by atoms with Crippen LogP contribution in [0, 0.1) is 23.7 Å². The molecule has 0 saturated carbocycles. The van der Waals surface area contributed by atoms with E-state index in [1.54, 1.807) is 24.3 Å². The van der Waals surface area contributed by atoms with E-state index in [4.69, 9.17) is 16.4 Å². The van der Waals surface area contributed by atoms with E-state index in [0.29, 0.717) is 18.7 Å². The minimum atomic E-state index is 0.534. The number of benzene rings is 2. The number of anilines is 1. The molecule has 1 N–H and O–H groups in total. The summed E-state index contributed by atoms with van der Waals surface area (Å²) in [5.74, 6) is 3.35. The maximum Gasteiger partial charge on any atom is 0.119 e. The van der Waals surface area contributed by atoms with Crippen molar-refractivity contribution in [3.63, 3.8) is 0 Å².